The van der Waals surface area contributed by atoms with Crippen LogP contribution in [0.15, 0.2) is 30.3 Å². The van der Waals surface area contributed by atoms with Gasteiger partial charge in [-0.25, -0.2) is 0 Å². The molecular weight excluding hydrogens is 194 g/mol. The average molecular weight is 217 g/mol. The van der Waals surface area contributed by atoms with Gasteiger partial charge >= 0.3 is 0 Å². The van der Waals surface area contributed by atoms with Crippen molar-refractivity contribution < 1.29 is 0 Å². The zero-order valence-corrected chi connectivity index (χ0v) is 10.7. The van der Waals surface area contributed by atoms with Gasteiger partial charge in [-0.3, -0.25) is 0 Å². The minimum atomic E-state index is 0.607. The molecule has 88 valence electrons. The van der Waals surface area contributed by atoms with Crippen LogP contribution in [0.25, 0.3) is 5.57 Å². The van der Waals surface area contributed by atoms with E-state index in [0.717, 1.165) is 19.4 Å². The highest BCUT2D eigenvalue weighted by Gasteiger charge is 1.99. The molecule has 0 saturated carbocycles. The van der Waals surface area contributed by atoms with Gasteiger partial charge in [0.05, 0.1) is 0 Å². The van der Waals surface area contributed by atoms with E-state index in [2.05, 4.69) is 51.1 Å². The fourth-order valence-electron chi connectivity index (χ4n) is 1.69. The van der Waals surface area contributed by atoms with Crippen LogP contribution in [0, 0.1) is 0 Å². The summed E-state index contributed by atoms with van der Waals surface area (Å²) in [6.45, 7) is 7.38. The van der Waals surface area contributed by atoms with Crippen molar-refractivity contribution in [2.75, 3.05) is 6.54 Å². The van der Waals surface area contributed by atoms with Gasteiger partial charge in [-0.05, 0) is 48.9 Å². The predicted octanol–water partition coefficient (Wildman–Crippen LogP) is 3.95. The van der Waals surface area contributed by atoms with Crippen molar-refractivity contribution in [3.63, 3.8) is 0 Å². The molecular formula is C15H23N. The summed E-state index contributed by atoms with van der Waals surface area (Å²) in [5.74, 6) is 0.607. The molecule has 0 aromatic heterocycles. The second kappa shape index (κ2) is 6.49. The van der Waals surface area contributed by atoms with Crippen LogP contribution in [0.4, 0.5) is 0 Å². The van der Waals surface area contributed by atoms with Gasteiger partial charge in [0.2, 0.25) is 0 Å². The van der Waals surface area contributed by atoms with Crippen molar-refractivity contribution in [1.82, 2.24) is 0 Å². The highest BCUT2D eigenvalue weighted by molar-refractivity contribution is 5.63. The van der Waals surface area contributed by atoms with Crippen LogP contribution >= 0.6 is 0 Å². The highest BCUT2D eigenvalue weighted by Crippen LogP contribution is 2.19. The third kappa shape index (κ3) is 3.82. The summed E-state index contributed by atoms with van der Waals surface area (Å²) in [6.07, 6.45) is 4.42. The summed E-state index contributed by atoms with van der Waals surface area (Å²) in [7, 11) is 0. The molecule has 0 aliphatic heterocycles. The summed E-state index contributed by atoms with van der Waals surface area (Å²) in [6, 6.07) is 8.87. The van der Waals surface area contributed by atoms with E-state index in [4.69, 9.17) is 5.73 Å². The highest BCUT2D eigenvalue weighted by atomic mass is 14.5. The first-order valence-corrected chi connectivity index (χ1v) is 6.12. The number of unbranched alkanes of at least 4 members (excludes halogenated alkanes) is 1. The number of hydrogen-bond acceptors (Lipinski definition) is 1. The lowest BCUT2D eigenvalue weighted by atomic mass is 9.99. The molecule has 0 aliphatic rings. The Bertz CT molecular complexity index is 333. The molecule has 2 N–H and O–H groups in total. The van der Waals surface area contributed by atoms with Crippen LogP contribution in [0.2, 0.25) is 0 Å². The molecule has 1 nitrogen and oxygen atoms in total. The number of benzene rings is 1. The Morgan fingerprint density at radius 1 is 1.25 bits per heavy atom. The number of hydrogen-bond donors (Lipinski definition) is 1. The van der Waals surface area contributed by atoms with Crippen LogP contribution < -0.4 is 5.73 Å². The van der Waals surface area contributed by atoms with Crippen LogP contribution in [-0.4, -0.2) is 6.54 Å². The lowest BCUT2D eigenvalue weighted by molar-refractivity contribution is 0.855. The number of nitrogens with two attached hydrogens (primary N) is 1. The van der Waals surface area contributed by atoms with Crippen LogP contribution in [0.1, 0.15) is 50.7 Å². The largest absolute Gasteiger partial charge is 0.330 e. The Kier molecular flexibility index (Phi) is 5.27. The molecule has 0 bridgehead atoms. The monoisotopic (exact) mass is 217 g/mol. The maximum atomic E-state index is 5.48. The van der Waals surface area contributed by atoms with Gasteiger partial charge in [-0.15, -0.1) is 0 Å². The molecule has 16 heavy (non-hydrogen) atoms. The fourth-order valence-corrected chi connectivity index (χ4v) is 1.69. The first-order valence-electron chi connectivity index (χ1n) is 6.12. The van der Waals surface area contributed by atoms with Gasteiger partial charge in [0.25, 0.3) is 0 Å². The fraction of sp³-hybridized carbons (Fsp3) is 0.467. The summed E-state index contributed by atoms with van der Waals surface area (Å²) < 4.78 is 0. The molecule has 0 amide bonds. The SMILES string of the molecule is C/C(=C\CCCN)c1ccc(C(C)C)cc1. The molecule has 0 fully saturated rings. The van der Waals surface area contributed by atoms with Gasteiger partial charge in [0, 0.05) is 0 Å². The smallest absolute Gasteiger partial charge is 0.00743 e. The maximum absolute atomic E-state index is 5.48. The second-order valence-electron chi connectivity index (χ2n) is 4.59. The first-order chi connectivity index (χ1) is 7.65. The first kappa shape index (κ1) is 13.0. The van der Waals surface area contributed by atoms with Crippen molar-refractivity contribution in [3.05, 3.63) is 41.5 Å². The Hall–Kier alpha value is -1.08. The van der Waals surface area contributed by atoms with Crippen molar-refractivity contribution in [3.8, 4) is 0 Å². The molecule has 0 atom stereocenters. The summed E-state index contributed by atoms with van der Waals surface area (Å²) in [5, 5.41) is 0. The zero-order valence-electron chi connectivity index (χ0n) is 10.7. The summed E-state index contributed by atoms with van der Waals surface area (Å²) >= 11 is 0. The molecule has 0 unspecified atom stereocenters. The van der Waals surface area contributed by atoms with Crippen molar-refractivity contribution in [2.45, 2.75) is 39.5 Å². The lowest BCUT2D eigenvalue weighted by Crippen LogP contribution is -1.96. The molecule has 1 heteroatoms. The van der Waals surface area contributed by atoms with Crippen molar-refractivity contribution in [2.24, 2.45) is 5.73 Å². The van der Waals surface area contributed by atoms with Gasteiger partial charge in [0.15, 0.2) is 0 Å². The molecule has 0 heterocycles. The summed E-state index contributed by atoms with van der Waals surface area (Å²) in [4.78, 5) is 0. The third-order valence-electron chi connectivity index (χ3n) is 2.89. The number of rotatable bonds is 5. The van der Waals surface area contributed by atoms with E-state index in [1.54, 1.807) is 0 Å². The Balaban J connectivity index is 2.69. The Morgan fingerprint density at radius 3 is 2.38 bits per heavy atom. The number of allylic oxidation sites excluding steroid dienone is 2. The standard InChI is InChI=1S/C15H23N/c1-12(2)14-7-9-15(10-8-14)13(3)6-4-5-11-16/h6-10,12H,4-5,11,16H2,1-3H3/b13-6+. The summed E-state index contributed by atoms with van der Waals surface area (Å²) in [5.41, 5.74) is 9.55. The molecule has 0 aliphatic carbocycles. The molecule has 0 spiro atoms. The molecule has 1 aromatic rings. The van der Waals surface area contributed by atoms with E-state index in [1.165, 1.54) is 16.7 Å². The maximum Gasteiger partial charge on any atom is -0.00743 e. The van der Waals surface area contributed by atoms with Gasteiger partial charge < -0.3 is 5.73 Å². The van der Waals surface area contributed by atoms with E-state index >= 15 is 0 Å². The van der Waals surface area contributed by atoms with Crippen LogP contribution in [0.5, 0.6) is 0 Å². The normalized spacial score (nSPS) is 12.2. The minimum Gasteiger partial charge on any atom is -0.330 e. The quantitative estimate of drug-likeness (QED) is 0.742. The lowest BCUT2D eigenvalue weighted by Gasteiger charge is -2.07. The van der Waals surface area contributed by atoms with Crippen LogP contribution in [-0.2, 0) is 0 Å². The topological polar surface area (TPSA) is 26.0 Å². The third-order valence-corrected chi connectivity index (χ3v) is 2.89. The van der Waals surface area contributed by atoms with Crippen molar-refractivity contribution in [1.29, 1.82) is 0 Å². The van der Waals surface area contributed by atoms with E-state index in [-0.39, 0.29) is 0 Å². The minimum absolute atomic E-state index is 0.607. The molecule has 1 rings (SSSR count). The molecule has 0 saturated heterocycles. The Labute approximate surface area is 99.4 Å². The van der Waals surface area contributed by atoms with E-state index in [9.17, 15) is 0 Å². The predicted molar refractivity (Wildman–Crippen MR) is 72.5 cm³/mol. The van der Waals surface area contributed by atoms with Gasteiger partial charge in [-0.2, -0.15) is 0 Å². The van der Waals surface area contributed by atoms with Crippen LogP contribution in [0.3, 0.4) is 0 Å². The average Bonchev–Trinajstić information content (AvgIpc) is 2.29. The Morgan fingerprint density at radius 2 is 1.88 bits per heavy atom. The second-order valence-corrected chi connectivity index (χ2v) is 4.59. The zero-order chi connectivity index (χ0) is 12.0. The van der Waals surface area contributed by atoms with Crippen molar-refractivity contribution >= 4 is 5.57 Å². The molecule has 0 radical (unpaired) electrons. The van der Waals surface area contributed by atoms with E-state index in [1.807, 2.05) is 0 Å². The van der Waals surface area contributed by atoms with E-state index < -0.39 is 0 Å². The van der Waals surface area contributed by atoms with E-state index in [0.29, 0.717) is 5.92 Å². The van der Waals surface area contributed by atoms with Gasteiger partial charge in [0.1, 0.15) is 0 Å². The van der Waals surface area contributed by atoms with Gasteiger partial charge in [-0.1, -0.05) is 44.2 Å². The molecule has 1 aromatic carbocycles.